The average Bonchev–Trinajstić information content (AvgIpc) is 3.03. The number of piperazine rings is 1. The molecule has 0 radical (unpaired) electrons. The van der Waals surface area contributed by atoms with Gasteiger partial charge >= 0.3 is 0 Å². The summed E-state index contributed by atoms with van der Waals surface area (Å²) in [6, 6.07) is 2.04. The molecule has 136 valence electrons. The first-order valence-corrected chi connectivity index (χ1v) is 8.87. The zero-order valence-electron chi connectivity index (χ0n) is 15.3. The molecule has 4 rings (SSSR count). The molecule has 1 aliphatic heterocycles. The van der Waals surface area contributed by atoms with Gasteiger partial charge in [-0.05, 0) is 13.8 Å². The smallest absolute Gasteiger partial charge is 0.224 e. The maximum Gasteiger partial charge on any atom is 0.224 e. The SMILES string of the molecule is CCNc1nc(C)cc(N2CCN(c3ncnc4c3ncn4C)CC2)n1. The van der Waals surface area contributed by atoms with Crippen LogP contribution in [-0.2, 0) is 7.05 Å². The Morgan fingerprint density at radius 2 is 1.81 bits per heavy atom. The molecule has 0 unspecified atom stereocenters. The zero-order chi connectivity index (χ0) is 18.1. The van der Waals surface area contributed by atoms with Crippen molar-refractivity contribution in [3.8, 4) is 0 Å². The van der Waals surface area contributed by atoms with Crippen LogP contribution in [0.4, 0.5) is 17.6 Å². The highest BCUT2D eigenvalue weighted by Gasteiger charge is 2.22. The van der Waals surface area contributed by atoms with E-state index >= 15 is 0 Å². The van der Waals surface area contributed by atoms with Gasteiger partial charge in [-0.25, -0.2) is 19.9 Å². The Labute approximate surface area is 152 Å². The molecule has 1 aliphatic rings. The van der Waals surface area contributed by atoms with Gasteiger partial charge in [0.2, 0.25) is 5.95 Å². The van der Waals surface area contributed by atoms with Gasteiger partial charge in [0, 0.05) is 51.5 Å². The van der Waals surface area contributed by atoms with Gasteiger partial charge in [-0.2, -0.15) is 4.98 Å². The van der Waals surface area contributed by atoms with Crippen LogP contribution in [0.25, 0.3) is 11.2 Å². The van der Waals surface area contributed by atoms with Crippen molar-refractivity contribution in [2.24, 2.45) is 7.05 Å². The van der Waals surface area contributed by atoms with Crippen molar-refractivity contribution >= 4 is 28.7 Å². The molecule has 1 saturated heterocycles. The van der Waals surface area contributed by atoms with Gasteiger partial charge in [0.25, 0.3) is 0 Å². The van der Waals surface area contributed by atoms with Gasteiger partial charge in [0.1, 0.15) is 12.1 Å². The fourth-order valence-electron chi connectivity index (χ4n) is 3.26. The molecule has 0 bridgehead atoms. The first kappa shape index (κ1) is 16.5. The number of imidazole rings is 1. The number of aromatic nitrogens is 6. The molecule has 0 aliphatic carbocycles. The lowest BCUT2D eigenvalue weighted by atomic mass is 10.3. The number of hydrogen-bond acceptors (Lipinski definition) is 8. The summed E-state index contributed by atoms with van der Waals surface area (Å²) in [7, 11) is 1.95. The first-order valence-electron chi connectivity index (χ1n) is 8.87. The normalized spacial score (nSPS) is 14.9. The maximum atomic E-state index is 4.64. The molecule has 0 amide bonds. The van der Waals surface area contributed by atoms with Gasteiger partial charge in [-0.15, -0.1) is 0 Å². The topological polar surface area (TPSA) is 87.9 Å². The van der Waals surface area contributed by atoms with Crippen molar-refractivity contribution in [1.82, 2.24) is 29.5 Å². The fraction of sp³-hybridized carbons (Fsp3) is 0.471. The summed E-state index contributed by atoms with van der Waals surface area (Å²) in [6.45, 7) is 8.33. The minimum atomic E-state index is 0.691. The number of rotatable bonds is 4. The predicted octanol–water partition coefficient (Wildman–Crippen LogP) is 1.22. The maximum absolute atomic E-state index is 4.64. The average molecular weight is 353 g/mol. The van der Waals surface area contributed by atoms with E-state index in [2.05, 4.69) is 40.0 Å². The van der Waals surface area contributed by atoms with Crippen LogP contribution >= 0.6 is 0 Å². The highest BCUT2D eigenvalue weighted by Crippen LogP contribution is 2.24. The van der Waals surface area contributed by atoms with Crippen molar-refractivity contribution in [2.75, 3.05) is 47.8 Å². The number of fused-ring (bicyclic) bond motifs is 1. The third kappa shape index (κ3) is 3.00. The summed E-state index contributed by atoms with van der Waals surface area (Å²) in [6.07, 6.45) is 3.40. The Hall–Kier alpha value is -2.97. The molecule has 3 aromatic rings. The van der Waals surface area contributed by atoms with Gasteiger partial charge in [-0.3, -0.25) is 0 Å². The summed E-state index contributed by atoms with van der Waals surface area (Å²) in [5.74, 6) is 2.57. The van der Waals surface area contributed by atoms with Gasteiger partial charge < -0.3 is 19.7 Å². The van der Waals surface area contributed by atoms with E-state index in [0.717, 1.165) is 61.2 Å². The van der Waals surface area contributed by atoms with Crippen LogP contribution in [-0.4, -0.2) is 62.2 Å². The zero-order valence-corrected chi connectivity index (χ0v) is 15.3. The highest BCUT2D eigenvalue weighted by atomic mass is 15.3. The van der Waals surface area contributed by atoms with Crippen LogP contribution in [0.1, 0.15) is 12.6 Å². The second kappa shape index (κ2) is 6.74. The summed E-state index contributed by atoms with van der Waals surface area (Å²) in [4.78, 5) is 26.9. The number of nitrogens with one attached hydrogen (secondary N) is 1. The molecule has 1 N–H and O–H groups in total. The minimum Gasteiger partial charge on any atom is -0.354 e. The standard InChI is InChI=1S/C17H23N9/c1-4-18-17-22-12(2)9-13(23-17)25-5-7-26(8-6-25)16-14-15(19-10-20-16)24(3)11-21-14/h9-11H,4-8H2,1-3H3,(H,18,22,23). The Morgan fingerprint density at radius 3 is 2.58 bits per heavy atom. The number of nitrogens with zero attached hydrogens (tertiary/aromatic N) is 8. The summed E-state index contributed by atoms with van der Waals surface area (Å²) in [5, 5.41) is 3.20. The van der Waals surface area contributed by atoms with E-state index in [1.165, 1.54) is 0 Å². The number of hydrogen-bond donors (Lipinski definition) is 1. The largest absolute Gasteiger partial charge is 0.354 e. The quantitative estimate of drug-likeness (QED) is 0.749. The molecule has 0 saturated carbocycles. The van der Waals surface area contributed by atoms with Crippen LogP contribution in [0.15, 0.2) is 18.7 Å². The molecule has 9 nitrogen and oxygen atoms in total. The summed E-state index contributed by atoms with van der Waals surface area (Å²) in [5.41, 5.74) is 2.69. The molecule has 0 aromatic carbocycles. The van der Waals surface area contributed by atoms with Crippen LogP contribution in [0.3, 0.4) is 0 Å². The van der Waals surface area contributed by atoms with Crippen LogP contribution in [0, 0.1) is 6.92 Å². The van der Waals surface area contributed by atoms with E-state index in [1.807, 2.05) is 31.5 Å². The lowest BCUT2D eigenvalue weighted by Gasteiger charge is -2.36. The molecule has 0 spiro atoms. The summed E-state index contributed by atoms with van der Waals surface area (Å²) < 4.78 is 1.92. The minimum absolute atomic E-state index is 0.691. The van der Waals surface area contributed by atoms with E-state index in [4.69, 9.17) is 0 Å². The third-order valence-electron chi connectivity index (χ3n) is 4.56. The molecular formula is C17H23N9. The molecule has 3 aromatic heterocycles. The van der Waals surface area contributed by atoms with Crippen molar-refractivity contribution in [1.29, 1.82) is 0 Å². The van der Waals surface area contributed by atoms with Gasteiger partial charge in [0.15, 0.2) is 17.0 Å². The van der Waals surface area contributed by atoms with E-state index < -0.39 is 0 Å². The lowest BCUT2D eigenvalue weighted by molar-refractivity contribution is 0.642. The third-order valence-corrected chi connectivity index (χ3v) is 4.56. The lowest BCUT2D eigenvalue weighted by Crippen LogP contribution is -2.47. The highest BCUT2D eigenvalue weighted by molar-refractivity contribution is 5.83. The van der Waals surface area contributed by atoms with Crippen molar-refractivity contribution < 1.29 is 0 Å². The van der Waals surface area contributed by atoms with Gasteiger partial charge in [-0.1, -0.05) is 0 Å². The Kier molecular flexibility index (Phi) is 4.27. The molecule has 4 heterocycles. The van der Waals surface area contributed by atoms with E-state index in [-0.39, 0.29) is 0 Å². The summed E-state index contributed by atoms with van der Waals surface area (Å²) >= 11 is 0. The Bertz CT molecular complexity index is 912. The molecular weight excluding hydrogens is 330 g/mol. The molecule has 26 heavy (non-hydrogen) atoms. The monoisotopic (exact) mass is 353 g/mol. The van der Waals surface area contributed by atoms with Crippen molar-refractivity contribution in [3.63, 3.8) is 0 Å². The fourth-order valence-corrected chi connectivity index (χ4v) is 3.26. The number of aryl methyl sites for hydroxylation is 2. The molecule has 9 heteroatoms. The van der Waals surface area contributed by atoms with Crippen molar-refractivity contribution in [3.05, 3.63) is 24.4 Å². The molecule has 0 atom stereocenters. The van der Waals surface area contributed by atoms with Crippen LogP contribution in [0.2, 0.25) is 0 Å². The predicted molar refractivity (Wildman–Crippen MR) is 102 cm³/mol. The van der Waals surface area contributed by atoms with E-state index in [9.17, 15) is 0 Å². The van der Waals surface area contributed by atoms with Gasteiger partial charge in [0.05, 0.1) is 6.33 Å². The van der Waals surface area contributed by atoms with Crippen LogP contribution < -0.4 is 15.1 Å². The number of anilines is 3. The van der Waals surface area contributed by atoms with E-state index in [0.29, 0.717) is 5.95 Å². The first-order chi connectivity index (χ1) is 12.7. The second-order valence-electron chi connectivity index (χ2n) is 6.42. The van der Waals surface area contributed by atoms with Crippen LogP contribution in [0.5, 0.6) is 0 Å². The molecule has 1 fully saturated rings. The Balaban J connectivity index is 1.52. The van der Waals surface area contributed by atoms with E-state index in [1.54, 1.807) is 12.7 Å². The Morgan fingerprint density at radius 1 is 1.04 bits per heavy atom. The van der Waals surface area contributed by atoms with Crippen molar-refractivity contribution in [2.45, 2.75) is 13.8 Å². The second-order valence-corrected chi connectivity index (χ2v) is 6.42.